The van der Waals surface area contributed by atoms with Gasteiger partial charge in [0.25, 0.3) is 0 Å². The van der Waals surface area contributed by atoms with Crippen molar-refractivity contribution in [1.29, 1.82) is 0 Å². The Morgan fingerprint density at radius 3 is 2.57 bits per heavy atom. The molecule has 0 bridgehead atoms. The minimum absolute atomic E-state index is 0.564. The molecule has 3 heteroatoms. The number of carbonyl (C=O) groups is 1. The summed E-state index contributed by atoms with van der Waals surface area (Å²) in [6, 6.07) is 9.55. The van der Waals surface area contributed by atoms with E-state index in [9.17, 15) is 4.79 Å². The zero-order valence-corrected chi connectivity index (χ0v) is 7.84. The molecule has 3 nitrogen and oxygen atoms in total. The number of hydrogen-bond donors (Lipinski definition) is 0. The molecule has 0 aliphatic heterocycles. The van der Waals surface area contributed by atoms with E-state index in [0.717, 1.165) is 12.0 Å². The van der Waals surface area contributed by atoms with Crippen LogP contribution in [0.25, 0.3) is 5.69 Å². The molecule has 0 aliphatic carbocycles. The van der Waals surface area contributed by atoms with Gasteiger partial charge in [-0.1, -0.05) is 17.7 Å². The van der Waals surface area contributed by atoms with Gasteiger partial charge in [-0.05, 0) is 25.1 Å². The van der Waals surface area contributed by atoms with E-state index in [1.165, 1.54) is 5.56 Å². The van der Waals surface area contributed by atoms with Crippen LogP contribution >= 0.6 is 0 Å². The highest BCUT2D eigenvalue weighted by atomic mass is 16.1. The summed E-state index contributed by atoms with van der Waals surface area (Å²) in [6.45, 7) is 2.02. The first-order chi connectivity index (χ1) is 6.81. The highest BCUT2D eigenvalue weighted by Crippen LogP contribution is 2.09. The van der Waals surface area contributed by atoms with E-state index in [4.69, 9.17) is 0 Å². The predicted molar refractivity (Wildman–Crippen MR) is 53.7 cm³/mol. The molecule has 0 amide bonds. The number of benzene rings is 1. The van der Waals surface area contributed by atoms with Crippen LogP contribution in [0.5, 0.6) is 0 Å². The second-order valence-electron chi connectivity index (χ2n) is 3.12. The van der Waals surface area contributed by atoms with E-state index in [0.29, 0.717) is 5.69 Å². The highest BCUT2D eigenvalue weighted by molar-refractivity contribution is 5.73. The standard InChI is InChI=1S/C11H10N2O/c1-9-2-4-10(5-3-9)13-11(8-14)6-7-12-13/h2-8H,1H3. The Bertz CT molecular complexity index is 443. The molecule has 14 heavy (non-hydrogen) atoms. The van der Waals surface area contributed by atoms with Crippen LogP contribution in [0, 0.1) is 6.92 Å². The minimum Gasteiger partial charge on any atom is -0.296 e. The summed E-state index contributed by atoms with van der Waals surface area (Å²) in [7, 11) is 0. The molecule has 0 saturated heterocycles. The fraction of sp³-hybridized carbons (Fsp3) is 0.0909. The van der Waals surface area contributed by atoms with E-state index >= 15 is 0 Å². The van der Waals surface area contributed by atoms with E-state index in [-0.39, 0.29) is 0 Å². The maximum Gasteiger partial charge on any atom is 0.168 e. The van der Waals surface area contributed by atoms with Crippen LogP contribution in [0.3, 0.4) is 0 Å². The SMILES string of the molecule is Cc1ccc(-n2nccc2C=O)cc1. The van der Waals surface area contributed by atoms with Crippen LogP contribution in [0.4, 0.5) is 0 Å². The molecule has 1 heterocycles. The number of aryl methyl sites for hydroxylation is 1. The maximum atomic E-state index is 10.7. The summed E-state index contributed by atoms with van der Waals surface area (Å²) in [5.41, 5.74) is 2.66. The zero-order valence-electron chi connectivity index (χ0n) is 7.84. The summed E-state index contributed by atoms with van der Waals surface area (Å²) in [5, 5.41) is 4.07. The molecule has 0 atom stereocenters. The molecule has 0 radical (unpaired) electrons. The average molecular weight is 186 g/mol. The fourth-order valence-electron chi connectivity index (χ4n) is 1.30. The monoisotopic (exact) mass is 186 g/mol. The Hall–Kier alpha value is -1.90. The zero-order chi connectivity index (χ0) is 9.97. The summed E-state index contributed by atoms with van der Waals surface area (Å²) in [5.74, 6) is 0. The smallest absolute Gasteiger partial charge is 0.168 e. The molecular formula is C11H10N2O. The van der Waals surface area contributed by atoms with Crippen molar-refractivity contribution in [3.63, 3.8) is 0 Å². The van der Waals surface area contributed by atoms with Crippen molar-refractivity contribution in [3.8, 4) is 5.69 Å². The van der Waals surface area contributed by atoms with Crippen molar-refractivity contribution in [2.75, 3.05) is 0 Å². The molecule has 0 spiro atoms. The molecule has 1 aromatic heterocycles. The number of nitrogens with zero attached hydrogens (tertiary/aromatic N) is 2. The second kappa shape index (κ2) is 3.46. The molecule has 70 valence electrons. The lowest BCUT2D eigenvalue weighted by Crippen LogP contribution is -2.00. The van der Waals surface area contributed by atoms with Crippen molar-refractivity contribution < 1.29 is 4.79 Å². The Morgan fingerprint density at radius 2 is 1.93 bits per heavy atom. The minimum atomic E-state index is 0.564. The first-order valence-electron chi connectivity index (χ1n) is 4.37. The van der Waals surface area contributed by atoms with Gasteiger partial charge in [0.1, 0.15) is 5.69 Å². The van der Waals surface area contributed by atoms with Gasteiger partial charge in [0.05, 0.1) is 11.9 Å². The Kier molecular flexibility index (Phi) is 2.14. The molecule has 1 aromatic carbocycles. The Balaban J connectivity index is 2.49. The summed E-state index contributed by atoms with van der Waals surface area (Å²) >= 11 is 0. The number of carbonyl (C=O) groups excluding carboxylic acids is 1. The third kappa shape index (κ3) is 1.44. The second-order valence-corrected chi connectivity index (χ2v) is 3.12. The van der Waals surface area contributed by atoms with Crippen molar-refractivity contribution in [1.82, 2.24) is 9.78 Å². The predicted octanol–water partition coefficient (Wildman–Crippen LogP) is 1.99. The molecule has 0 saturated carbocycles. The summed E-state index contributed by atoms with van der Waals surface area (Å²) < 4.78 is 1.62. The van der Waals surface area contributed by atoms with Crippen LogP contribution < -0.4 is 0 Å². The third-order valence-electron chi connectivity index (χ3n) is 2.07. The molecular weight excluding hydrogens is 176 g/mol. The molecule has 0 unspecified atom stereocenters. The Labute approximate surface area is 82.0 Å². The van der Waals surface area contributed by atoms with Crippen molar-refractivity contribution >= 4 is 6.29 Å². The van der Waals surface area contributed by atoms with Crippen LogP contribution in [0.15, 0.2) is 36.5 Å². The van der Waals surface area contributed by atoms with Gasteiger partial charge < -0.3 is 0 Å². The highest BCUT2D eigenvalue weighted by Gasteiger charge is 2.02. The topological polar surface area (TPSA) is 34.9 Å². The largest absolute Gasteiger partial charge is 0.296 e. The van der Waals surface area contributed by atoms with Crippen LogP contribution in [-0.4, -0.2) is 16.1 Å². The molecule has 0 N–H and O–H groups in total. The van der Waals surface area contributed by atoms with Gasteiger partial charge in [-0.3, -0.25) is 4.79 Å². The van der Waals surface area contributed by atoms with Gasteiger partial charge in [-0.25, -0.2) is 4.68 Å². The lowest BCUT2D eigenvalue weighted by molar-refractivity contribution is 0.111. The van der Waals surface area contributed by atoms with E-state index in [1.54, 1.807) is 16.9 Å². The lowest BCUT2D eigenvalue weighted by Gasteiger charge is -2.03. The van der Waals surface area contributed by atoms with Crippen molar-refractivity contribution in [3.05, 3.63) is 47.8 Å². The lowest BCUT2D eigenvalue weighted by atomic mass is 10.2. The molecule has 2 rings (SSSR count). The fourth-order valence-corrected chi connectivity index (χ4v) is 1.30. The first kappa shape index (κ1) is 8.69. The van der Waals surface area contributed by atoms with Gasteiger partial charge in [-0.15, -0.1) is 0 Å². The number of aldehydes is 1. The third-order valence-corrected chi connectivity index (χ3v) is 2.07. The van der Waals surface area contributed by atoms with E-state index in [1.807, 2.05) is 31.2 Å². The van der Waals surface area contributed by atoms with Crippen molar-refractivity contribution in [2.45, 2.75) is 6.92 Å². The quantitative estimate of drug-likeness (QED) is 0.672. The normalized spacial score (nSPS) is 10.1. The number of rotatable bonds is 2. The van der Waals surface area contributed by atoms with Crippen LogP contribution in [-0.2, 0) is 0 Å². The van der Waals surface area contributed by atoms with Gasteiger partial charge in [0, 0.05) is 0 Å². The number of aromatic nitrogens is 2. The number of hydrogen-bond acceptors (Lipinski definition) is 2. The average Bonchev–Trinajstić information content (AvgIpc) is 2.67. The van der Waals surface area contributed by atoms with Crippen molar-refractivity contribution in [2.24, 2.45) is 0 Å². The summed E-state index contributed by atoms with van der Waals surface area (Å²) in [4.78, 5) is 10.7. The molecule has 0 fully saturated rings. The van der Waals surface area contributed by atoms with Gasteiger partial charge in [0.15, 0.2) is 6.29 Å². The first-order valence-corrected chi connectivity index (χ1v) is 4.37. The Morgan fingerprint density at radius 1 is 1.21 bits per heavy atom. The van der Waals surface area contributed by atoms with Gasteiger partial charge in [0.2, 0.25) is 0 Å². The van der Waals surface area contributed by atoms with Gasteiger partial charge in [-0.2, -0.15) is 5.10 Å². The van der Waals surface area contributed by atoms with E-state index < -0.39 is 0 Å². The summed E-state index contributed by atoms with van der Waals surface area (Å²) in [6.07, 6.45) is 2.41. The van der Waals surface area contributed by atoms with Gasteiger partial charge >= 0.3 is 0 Å². The van der Waals surface area contributed by atoms with Crippen LogP contribution in [0.1, 0.15) is 16.1 Å². The molecule has 2 aromatic rings. The molecule has 0 aliphatic rings. The van der Waals surface area contributed by atoms with E-state index in [2.05, 4.69) is 5.10 Å². The maximum absolute atomic E-state index is 10.7. The van der Waals surface area contributed by atoms with Crippen LogP contribution in [0.2, 0.25) is 0 Å².